The predicted octanol–water partition coefficient (Wildman–Crippen LogP) is 3.26. The van der Waals surface area contributed by atoms with Gasteiger partial charge < -0.3 is 14.5 Å². The molecule has 2 aromatic rings. The van der Waals surface area contributed by atoms with Crippen molar-refractivity contribution in [2.45, 2.75) is 26.2 Å². The molecule has 5 nitrogen and oxygen atoms in total. The summed E-state index contributed by atoms with van der Waals surface area (Å²) in [6.45, 7) is 7.00. The van der Waals surface area contributed by atoms with Gasteiger partial charge in [-0.25, -0.2) is 4.98 Å². The van der Waals surface area contributed by atoms with Gasteiger partial charge in [-0.3, -0.25) is 4.79 Å². The highest BCUT2D eigenvalue weighted by Gasteiger charge is 2.23. The van der Waals surface area contributed by atoms with E-state index in [9.17, 15) is 4.79 Å². The molecule has 0 aliphatic carbocycles. The summed E-state index contributed by atoms with van der Waals surface area (Å²) >= 11 is 0. The third kappa shape index (κ3) is 5.54. The molecular weight excluding hydrogens is 338 g/mol. The van der Waals surface area contributed by atoms with Crippen LogP contribution in [0.4, 0.5) is 0 Å². The number of rotatable bonds is 7. The van der Waals surface area contributed by atoms with Gasteiger partial charge in [-0.2, -0.15) is 0 Å². The largest absolute Gasteiger partial charge is 0.477 e. The summed E-state index contributed by atoms with van der Waals surface area (Å²) in [5.74, 6) is 0.464. The van der Waals surface area contributed by atoms with Crippen molar-refractivity contribution in [1.82, 2.24) is 14.8 Å². The van der Waals surface area contributed by atoms with Crippen LogP contribution in [0.25, 0.3) is 0 Å². The molecule has 0 bridgehead atoms. The highest BCUT2D eigenvalue weighted by molar-refractivity contribution is 5.96. The Morgan fingerprint density at radius 2 is 1.93 bits per heavy atom. The summed E-state index contributed by atoms with van der Waals surface area (Å²) in [6.07, 6.45) is 4.92. The van der Waals surface area contributed by atoms with Crippen molar-refractivity contribution in [1.29, 1.82) is 0 Å². The SMILES string of the molecule is CCOc1ncccc1C(=O)N1CCCN(CCCc2ccccc2)CC1. The fraction of sp³-hybridized carbons (Fsp3) is 0.455. The number of hydrogen-bond acceptors (Lipinski definition) is 4. The lowest BCUT2D eigenvalue weighted by molar-refractivity contribution is 0.0756. The Bertz CT molecular complexity index is 721. The van der Waals surface area contributed by atoms with Crippen LogP contribution < -0.4 is 4.74 Å². The van der Waals surface area contributed by atoms with Crippen molar-refractivity contribution in [3.8, 4) is 5.88 Å². The highest BCUT2D eigenvalue weighted by Crippen LogP contribution is 2.18. The van der Waals surface area contributed by atoms with Gasteiger partial charge in [-0.15, -0.1) is 0 Å². The molecule has 1 aromatic carbocycles. The average molecular weight is 367 g/mol. The minimum atomic E-state index is 0.0256. The Kier molecular flexibility index (Phi) is 7.22. The van der Waals surface area contributed by atoms with Gasteiger partial charge in [0.15, 0.2) is 0 Å². The summed E-state index contributed by atoms with van der Waals surface area (Å²) in [5, 5.41) is 0. The topological polar surface area (TPSA) is 45.7 Å². The van der Waals surface area contributed by atoms with Gasteiger partial charge in [-0.1, -0.05) is 30.3 Å². The summed E-state index contributed by atoms with van der Waals surface area (Å²) in [6, 6.07) is 14.2. The van der Waals surface area contributed by atoms with Crippen molar-refractivity contribution < 1.29 is 9.53 Å². The van der Waals surface area contributed by atoms with E-state index in [4.69, 9.17) is 4.74 Å². The first kappa shape index (κ1) is 19.4. The molecule has 0 N–H and O–H groups in total. The summed E-state index contributed by atoms with van der Waals surface area (Å²) in [4.78, 5) is 21.6. The number of nitrogens with zero attached hydrogens (tertiary/aromatic N) is 3. The Hall–Kier alpha value is -2.40. The third-order valence-corrected chi connectivity index (χ3v) is 4.94. The van der Waals surface area contributed by atoms with Gasteiger partial charge in [0.1, 0.15) is 5.56 Å². The second kappa shape index (κ2) is 10.1. The minimum absolute atomic E-state index is 0.0256. The number of pyridine rings is 1. The lowest BCUT2D eigenvalue weighted by atomic mass is 10.1. The molecule has 0 spiro atoms. The standard InChI is InChI=1S/C22H29N3O2/c1-2-27-21-20(12-6-13-23-21)22(26)25-16-8-15-24(17-18-25)14-7-11-19-9-4-3-5-10-19/h3-6,9-10,12-13H,2,7-8,11,14-18H2,1H3. The number of hydrogen-bond donors (Lipinski definition) is 0. The molecule has 27 heavy (non-hydrogen) atoms. The molecule has 3 rings (SSSR count). The molecule has 1 amide bonds. The number of aryl methyl sites for hydroxylation is 1. The summed E-state index contributed by atoms with van der Waals surface area (Å²) < 4.78 is 5.53. The normalized spacial score (nSPS) is 15.4. The maximum atomic E-state index is 12.9. The van der Waals surface area contributed by atoms with Crippen LogP contribution in [0, 0.1) is 0 Å². The van der Waals surface area contributed by atoms with Crippen LogP contribution in [0.1, 0.15) is 35.7 Å². The zero-order chi connectivity index (χ0) is 18.9. The number of carbonyl (C=O) groups is 1. The van der Waals surface area contributed by atoms with Crippen molar-refractivity contribution in [2.75, 3.05) is 39.3 Å². The number of benzene rings is 1. The molecule has 0 radical (unpaired) electrons. The molecular formula is C22H29N3O2. The molecule has 144 valence electrons. The molecule has 1 aliphatic rings. The second-order valence-electron chi connectivity index (χ2n) is 6.87. The molecule has 0 saturated carbocycles. The Labute approximate surface area is 162 Å². The van der Waals surface area contributed by atoms with Gasteiger partial charge in [0, 0.05) is 25.8 Å². The molecule has 2 heterocycles. The van der Waals surface area contributed by atoms with Gasteiger partial charge in [0.2, 0.25) is 5.88 Å². The zero-order valence-electron chi connectivity index (χ0n) is 16.1. The predicted molar refractivity (Wildman–Crippen MR) is 107 cm³/mol. The minimum Gasteiger partial charge on any atom is -0.477 e. The first-order chi connectivity index (χ1) is 13.3. The van der Waals surface area contributed by atoms with Crippen LogP contribution in [0.2, 0.25) is 0 Å². The average Bonchev–Trinajstić information content (AvgIpc) is 2.95. The summed E-state index contributed by atoms with van der Waals surface area (Å²) in [5.41, 5.74) is 1.96. The Morgan fingerprint density at radius 1 is 1.07 bits per heavy atom. The lowest BCUT2D eigenvalue weighted by Crippen LogP contribution is -2.35. The van der Waals surface area contributed by atoms with Gasteiger partial charge in [0.05, 0.1) is 6.61 Å². The number of aromatic nitrogens is 1. The van der Waals surface area contributed by atoms with Crippen molar-refractivity contribution in [2.24, 2.45) is 0 Å². The fourth-order valence-electron chi connectivity index (χ4n) is 3.52. The van der Waals surface area contributed by atoms with E-state index in [0.717, 1.165) is 52.0 Å². The van der Waals surface area contributed by atoms with Crippen LogP contribution in [-0.4, -0.2) is 60.0 Å². The lowest BCUT2D eigenvalue weighted by Gasteiger charge is -2.22. The van der Waals surface area contributed by atoms with Gasteiger partial charge in [-0.05, 0) is 57.0 Å². The summed E-state index contributed by atoms with van der Waals surface area (Å²) in [7, 11) is 0. The van der Waals surface area contributed by atoms with E-state index in [0.29, 0.717) is 18.1 Å². The molecule has 1 aromatic heterocycles. The van der Waals surface area contributed by atoms with Crippen molar-refractivity contribution in [3.63, 3.8) is 0 Å². The maximum Gasteiger partial charge on any atom is 0.259 e. The zero-order valence-corrected chi connectivity index (χ0v) is 16.1. The molecule has 1 saturated heterocycles. The molecule has 1 aliphatic heterocycles. The highest BCUT2D eigenvalue weighted by atomic mass is 16.5. The Balaban J connectivity index is 1.51. The van der Waals surface area contributed by atoms with Gasteiger partial charge >= 0.3 is 0 Å². The first-order valence-corrected chi connectivity index (χ1v) is 9.91. The molecule has 0 atom stereocenters. The second-order valence-corrected chi connectivity index (χ2v) is 6.87. The van der Waals surface area contributed by atoms with Crippen LogP contribution >= 0.6 is 0 Å². The number of ether oxygens (including phenoxy) is 1. The van der Waals surface area contributed by atoms with Crippen LogP contribution in [0.3, 0.4) is 0 Å². The monoisotopic (exact) mass is 367 g/mol. The quantitative estimate of drug-likeness (QED) is 0.754. The number of amides is 1. The van der Waals surface area contributed by atoms with E-state index >= 15 is 0 Å². The Morgan fingerprint density at radius 3 is 2.74 bits per heavy atom. The van der Waals surface area contributed by atoms with E-state index in [1.807, 2.05) is 17.9 Å². The van der Waals surface area contributed by atoms with Crippen molar-refractivity contribution in [3.05, 3.63) is 59.8 Å². The first-order valence-electron chi connectivity index (χ1n) is 9.91. The van der Waals surface area contributed by atoms with E-state index in [1.165, 1.54) is 5.56 Å². The van der Waals surface area contributed by atoms with Crippen LogP contribution in [-0.2, 0) is 6.42 Å². The molecule has 0 unspecified atom stereocenters. The third-order valence-electron chi connectivity index (χ3n) is 4.94. The van der Waals surface area contributed by atoms with E-state index in [-0.39, 0.29) is 5.91 Å². The molecule has 5 heteroatoms. The van der Waals surface area contributed by atoms with E-state index in [2.05, 4.69) is 40.2 Å². The van der Waals surface area contributed by atoms with E-state index in [1.54, 1.807) is 12.3 Å². The maximum absolute atomic E-state index is 12.9. The van der Waals surface area contributed by atoms with E-state index < -0.39 is 0 Å². The molecule has 1 fully saturated rings. The van der Waals surface area contributed by atoms with Crippen molar-refractivity contribution >= 4 is 5.91 Å². The van der Waals surface area contributed by atoms with Crippen LogP contribution in [0.5, 0.6) is 5.88 Å². The number of carbonyl (C=O) groups excluding carboxylic acids is 1. The smallest absolute Gasteiger partial charge is 0.259 e. The van der Waals surface area contributed by atoms with Crippen LogP contribution in [0.15, 0.2) is 48.7 Å². The van der Waals surface area contributed by atoms with Gasteiger partial charge in [0.25, 0.3) is 5.91 Å². The fourth-order valence-corrected chi connectivity index (χ4v) is 3.52.